The van der Waals surface area contributed by atoms with E-state index in [4.69, 9.17) is 28.9 Å². The second kappa shape index (κ2) is 13.8. The molecule has 13 nitrogen and oxygen atoms in total. The molecule has 5 N–H and O–H groups in total. The van der Waals surface area contributed by atoms with Gasteiger partial charge in [0.1, 0.15) is 17.1 Å². The number of carbonyl (C=O) groups is 1. The molecular formula is C35H36Cl2N8O5. The molecule has 0 saturated heterocycles. The third-order valence-electron chi connectivity index (χ3n) is 8.93. The Balaban J connectivity index is 1.37. The van der Waals surface area contributed by atoms with Gasteiger partial charge in [-0.2, -0.15) is 10.2 Å². The highest BCUT2D eigenvalue weighted by Crippen LogP contribution is 2.42. The third-order valence-corrected chi connectivity index (χ3v) is 9.74. The fraction of sp³-hybridized carbons (Fsp3) is 0.286. The maximum Gasteiger partial charge on any atom is 0.323 e. The molecule has 0 bridgehead atoms. The van der Waals surface area contributed by atoms with Crippen LogP contribution < -0.4 is 22.2 Å². The lowest BCUT2D eigenvalue weighted by atomic mass is 9.98. The van der Waals surface area contributed by atoms with Crippen LogP contribution in [-0.2, 0) is 4.79 Å². The molecule has 2 unspecified atom stereocenters. The Morgan fingerprint density at radius 1 is 0.820 bits per heavy atom. The number of nitrogens with two attached hydrogens (primary N) is 1. The van der Waals surface area contributed by atoms with Crippen LogP contribution in [0.2, 0.25) is 10.0 Å². The minimum absolute atomic E-state index is 0.142. The number of hydrogen-bond acceptors (Lipinski definition) is 8. The zero-order chi connectivity index (χ0) is 36.0. The number of aliphatic hydroxyl groups is 1. The van der Waals surface area contributed by atoms with Gasteiger partial charge in [-0.25, -0.2) is 9.03 Å². The second-order valence-electron chi connectivity index (χ2n) is 12.4. The average Bonchev–Trinajstić information content (AvgIpc) is 3.70. The van der Waals surface area contributed by atoms with Crippen LogP contribution >= 0.6 is 23.2 Å². The largest absolute Gasteiger partial charge is 0.480 e. The van der Waals surface area contributed by atoms with Crippen molar-refractivity contribution in [3.8, 4) is 33.6 Å². The summed E-state index contributed by atoms with van der Waals surface area (Å²) in [6, 6.07) is 12.6. The molecule has 2 aromatic carbocycles. The van der Waals surface area contributed by atoms with Crippen molar-refractivity contribution in [2.24, 2.45) is 5.73 Å². The van der Waals surface area contributed by atoms with E-state index in [1.165, 1.54) is 4.52 Å². The van der Waals surface area contributed by atoms with Gasteiger partial charge in [-0.05, 0) is 39.8 Å². The lowest BCUT2D eigenvalue weighted by molar-refractivity contribution is -0.140. The van der Waals surface area contributed by atoms with Crippen molar-refractivity contribution in [3.63, 3.8) is 0 Å². The van der Waals surface area contributed by atoms with E-state index in [0.29, 0.717) is 67.0 Å². The molecule has 6 rings (SSSR count). The first-order chi connectivity index (χ1) is 23.9. The maximum absolute atomic E-state index is 13.7. The summed E-state index contributed by atoms with van der Waals surface area (Å²) in [7, 11) is 0. The molecule has 0 aliphatic heterocycles. The number of benzene rings is 2. The van der Waals surface area contributed by atoms with Crippen LogP contribution in [-0.4, -0.2) is 70.3 Å². The number of carboxylic acid groups (broad SMARTS) is 1. The quantitative estimate of drug-likeness (QED) is 0.152. The van der Waals surface area contributed by atoms with Crippen LogP contribution in [0.4, 0.5) is 0 Å². The molecule has 0 aliphatic rings. The van der Waals surface area contributed by atoms with Gasteiger partial charge in [0.2, 0.25) is 0 Å². The molecule has 4 aromatic heterocycles. The fourth-order valence-electron chi connectivity index (χ4n) is 6.32. The summed E-state index contributed by atoms with van der Waals surface area (Å²) < 4.78 is 6.28. The zero-order valence-electron chi connectivity index (χ0n) is 27.8. The SMILES string of the molecule is Cc1cn2nc(-c3cccc(-c4cccc(-c5cc6c(=O)n(C(C)CN[C@@H](CO)C(=O)O)c(C)cn6n5)c4Cl)c3Cl)cc2c(=O)n1C(C)CN. The number of rotatable bonds is 11. The lowest BCUT2D eigenvalue weighted by Crippen LogP contribution is -2.43. The predicted molar refractivity (Wildman–Crippen MR) is 193 cm³/mol. The van der Waals surface area contributed by atoms with Crippen molar-refractivity contribution in [1.29, 1.82) is 0 Å². The van der Waals surface area contributed by atoms with Crippen LogP contribution in [0.3, 0.4) is 0 Å². The minimum Gasteiger partial charge on any atom is -0.480 e. The van der Waals surface area contributed by atoms with Gasteiger partial charge in [-0.3, -0.25) is 14.4 Å². The standard InChI is InChI=1S/C35H36Cl2N8O5/c1-18(13-38)44-20(3)15-42-29(33(44)47)11-26(40-42)24-9-5-7-22(31(24)36)23-8-6-10-25(32(23)37)27-12-30-34(48)45(21(4)16-43(30)41-27)19(2)14-39-28(17-46)35(49)50/h5-12,15-16,18-19,28,39,46H,13-14,17,38H2,1-4H3,(H,49,50)/t18?,19?,28-/m0/s1. The van der Waals surface area contributed by atoms with Gasteiger partial charge >= 0.3 is 5.97 Å². The fourth-order valence-corrected chi connectivity index (χ4v) is 6.97. The summed E-state index contributed by atoms with van der Waals surface area (Å²) in [5.74, 6) is -1.18. The van der Waals surface area contributed by atoms with E-state index in [-0.39, 0.29) is 23.7 Å². The smallest absolute Gasteiger partial charge is 0.323 e. The highest BCUT2D eigenvalue weighted by Gasteiger charge is 2.22. The number of aromatic nitrogens is 6. The lowest BCUT2D eigenvalue weighted by Gasteiger charge is -2.20. The normalized spacial score (nSPS) is 13.6. The summed E-state index contributed by atoms with van der Waals surface area (Å²) in [6.07, 6.45) is 3.51. The average molecular weight is 720 g/mol. The van der Waals surface area contributed by atoms with Gasteiger partial charge in [-0.15, -0.1) is 0 Å². The molecule has 0 radical (unpaired) electrons. The molecular weight excluding hydrogens is 683 g/mol. The van der Waals surface area contributed by atoms with E-state index in [9.17, 15) is 24.6 Å². The molecule has 50 heavy (non-hydrogen) atoms. The Morgan fingerprint density at radius 2 is 1.26 bits per heavy atom. The number of aryl methyl sites for hydroxylation is 2. The maximum atomic E-state index is 13.7. The molecule has 0 saturated carbocycles. The van der Waals surface area contributed by atoms with Gasteiger partial charge in [-0.1, -0.05) is 59.6 Å². The number of aliphatic carboxylic acids is 1. The summed E-state index contributed by atoms with van der Waals surface area (Å²) >= 11 is 14.1. The molecule has 3 atom stereocenters. The van der Waals surface area contributed by atoms with Gasteiger partial charge in [0, 0.05) is 71.2 Å². The molecule has 0 fully saturated rings. The number of carboxylic acids is 1. The Hall–Kier alpha value is -4.79. The Kier molecular flexibility index (Phi) is 9.71. The van der Waals surface area contributed by atoms with E-state index in [1.54, 1.807) is 52.0 Å². The highest BCUT2D eigenvalue weighted by molar-refractivity contribution is 6.39. The number of hydrogen-bond donors (Lipinski definition) is 4. The van der Waals surface area contributed by atoms with Gasteiger partial charge < -0.3 is 30.4 Å². The molecule has 0 aliphatic carbocycles. The summed E-state index contributed by atoms with van der Waals surface area (Å²) in [4.78, 5) is 38.4. The Morgan fingerprint density at radius 3 is 1.68 bits per heavy atom. The Bertz CT molecular complexity index is 2400. The first kappa shape index (κ1) is 35.1. The molecule has 0 amide bonds. The van der Waals surface area contributed by atoms with Crippen LogP contribution in [0.25, 0.3) is 44.7 Å². The second-order valence-corrected chi connectivity index (χ2v) is 13.1. The van der Waals surface area contributed by atoms with E-state index >= 15 is 0 Å². The van der Waals surface area contributed by atoms with Crippen LogP contribution in [0.5, 0.6) is 0 Å². The van der Waals surface area contributed by atoms with E-state index in [1.807, 2.05) is 50.2 Å². The van der Waals surface area contributed by atoms with Crippen LogP contribution in [0, 0.1) is 13.8 Å². The molecule has 15 heteroatoms. The molecule has 260 valence electrons. The number of nitrogens with one attached hydrogen (secondary N) is 1. The van der Waals surface area contributed by atoms with Crippen molar-refractivity contribution in [2.75, 3.05) is 19.7 Å². The zero-order valence-corrected chi connectivity index (χ0v) is 29.3. The van der Waals surface area contributed by atoms with Crippen molar-refractivity contribution in [1.82, 2.24) is 33.7 Å². The summed E-state index contributed by atoms with van der Waals surface area (Å²) in [5.41, 5.74) is 10.9. The highest BCUT2D eigenvalue weighted by atomic mass is 35.5. The summed E-state index contributed by atoms with van der Waals surface area (Å²) in [5, 5.41) is 31.5. The topological polar surface area (TPSA) is 174 Å². The minimum atomic E-state index is -1.18. The molecule has 4 heterocycles. The van der Waals surface area contributed by atoms with E-state index < -0.39 is 24.7 Å². The number of halogens is 2. The molecule has 0 spiro atoms. The van der Waals surface area contributed by atoms with Crippen molar-refractivity contribution >= 4 is 40.2 Å². The third kappa shape index (κ3) is 6.11. The van der Waals surface area contributed by atoms with Crippen molar-refractivity contribution < 1.29 is 15.0 Å². The van der Waals surface area contributed by atoms with E-state index in [2.05, 4.69) is 15.5 Å². The molecule has 6 aromatic rings. The number of aliphatic hydroxyl groups excluding tert-OH is 1. The van der Waals surface area contributed by atoms with E-state index in [0.717, 1.165) is 5.69 Å². The van der Waals surface area contributed by atoms with Crippen LogP contribution in [0.1, 0.15) is 37.3 Å². The first-order valence-corrected chi connectivity index (χ1v) is 16.7. The van der Waals surface area contributed by atoms with Crippen molar-refractivity contribution in [3.05, 3.63) is 103 Å². The summed E-state index contributed by atoms with van der Waals surface area (Å²) in [6.45, 7) is 7.17. The number of fused-ring (bicyclic) bond motifs is 2. The van der Waals surface area contributed by atoms with Gasteiger partial charge in [0.25, 0.3) is 11.1 Å². The monoisotopic (exact) mass is 718 g/mol. The van der Waals surface area contributed by atoms with Gasteiger partial charge in [0.15, 0.2) is 0 Å². The number of nitrogens with zero attached hydrogens (tertiary/aromatic N) is 6. The van der Waals surface area contributed by atoms with Gasteiger partial charge in [0.05, 0.1) is 28.0 Å². The predicted octanol–water partition coefficient (Wildman–Crippen LogP) is 4.35. The Labute approximate surface area is 296 Å². The van der Waals surface area contributed by atoms with Crippen LogP contribution in [0.15, 0.2) is 70.5 Å². The van der Waals surface area contributed by atoms with Crippen molar-refractivity contribution in [2.45, 2.75) is 45.8 Å². The first-order valence-electron chi connectivity index (χ1n) is 15.9.